The monoisotopic (exact) mass is 321 g/mol. The van der Waals surface area contributed by atoms with Crippen molar-refractivity contribution in [2.75, 3.05) is 46.3 Å². The lowest BCUT2D eigenvalue weighted by molar-refractivity contribution is 0.0953. The normalized spacial score (nSPS) is 19.9. The van der Waals surface area contributed by atoms with Crippen molar-refractivity contribution in [3.63, 3.8) is 0 Å². The third kappa shape index (κ3) is 4.09. The lowest BCUT2D eigenvalue weighted by atomic mass is 9.99. The van der Waals surface area contributed by atoms with Gasteiger partial charge in [0.05, 0.1) is 4.88 Å². The Labute approximate surface area is 137 Å². The van der Waals surface area contributed by atoms with E-state index >= 15 is 0 Å². The van der Waals surface area contributed by atoms with Crippen molar-refractivity contribution < 1.29 is 4.79 Å². The second-order valence-electron chi connectivity index (χ2n) is 6.52. The summed E-state index contributed by atoms with van der Waals surface area (Å²) in [6.07, 6.45) is 5.91. The first-order valence-electron chi connectivity index (χ1n) is 8.53. The van der Waals surface area contributed by atoms with Crippen molar-refractivity contribution in [3.05, 3.63) is 21.4 Å². The summed E-state index contributed by atoms with van der Waals surface area (Å²) in [5.74, 6) is 0.123. The van der Waals surface area contributed by atoms with E-state index < -0.39 is 0 Å². The van der Waals surface area contributed by atoms with Gasteiger partial charge in [0.25, 0.3) is 5.91 Å². The van der Waals surface area contributed by atoms with Crippen LogP contribution in [0.5, 0.6) is 0 Å². The molecule has 0 saturated carbocycles. The van der Waals surface area contributed by atoms with Crippen molar-refractivity contribution in [3.8, 4) is 0 Å². The van der Waals surface area contributed by atoms with E-state index in [1.807, 2.05) is 0 Å². The van der Waals surface area contributed by atoms with Crippen LogP contribution < -0.4 is 5.32 Å². The van der Waals surface area contributed by atoms with Crippen molar-refractivity contribution in [2.24, 2.45) is 0 Å². The molecule has 2 heterocycles. The van der Waals surface area contributed by atoms with Crippen LogP contribution in [0, 0.1) is 0 Å². The molecule has 0 spiro atoms. The number of nitrogens with one attached hydrogen (secondary N) is 1. The van der Waals surface area contributed by atoms with Gasteiger partial charge in [0.15, 0.2) is 0 Å². The molecule has 1 amide bonds. The highest BCUT2D eigenvalue weighted by Gasteiger charge is 2.17. The van der Waals surface area contributed by atoms with E-state index in [1.54, 1.807) is 11.3 Å². The average Bonchev–Trinajstić information content (AvgIpc) is 2.97. The third-order valence-corrected chi connectivity index (χ3v) is 5.99. The summed E-state index contributed by atoms with van der Waals surface area (Å²) in [5.41, 5.74) is 1.42. The first-order valence-corrected chi connectivity index (χ1v) is 9.35. The van der Waals surface area contributed by atoms with Crippen molar-refractivity contribution in [1.29, 1.82) is 0 Å². The van der Waals surface area contributed by atoms with Crippen LogP contribution in [0.4, 0.5) is 0 Å². The van der Waals surface area contributed by atoms with Gasteiger partial charge in [-0.05, 0) is 57.3 Å². The first-order chi connectivity index (χ1) is 10.7. The Balaban J connectivity index is 1.38. The molecule has 0 aromatic carbocycles. The van der Waals surface area contributed by atoms with Crippen LogP contribution in [-0.4, -0.2) is 62.0 Å². The Bertz CT molecular complexity index is 483. The van der Waals surface area contributed by atoms with Gasteiger partial charge in [-0.3, -0.25) is 4.79 Å². The van der Waals surface area contributed by atoms with Gasteiger partial charge in [-0.1, -0.05) is 0 Å². The highest BCUT2D eigenvalue weighted by molar-refractivity contribution is 7.14. The molecule has 0 unspecified atom stereocenters. The second kappa shape index (κ2) is 7.57. The predicted octanol–water partition coefficient (Wildman–Crippen LogP) is 1.99. The molecule has 1 aliphatic carbocycles. The molecule has 2 aliphatic rings. The topological polar surface area (TPSA) is 35.6 Å². The molecule has 0 radical (unpaired) electrons. The van der Waals surface area contributed by atoms with E-state index in [-0.39, 0.29) is 5.91 Å². The Morgan fingerprint density at radius 1 is 1.23 bits per heavy atom. The van der Waals surface area contributed by atoms with Gasteiger partial charge in [0.2, 0.25) is 0 Å². The number of aryl methyl sites for hydroxylation is 2. The number of likely N-dealkylation sites (N-methyl/N-ethyl adjacent to an activating group) is 1. The van der Waals surface area contributed by atoms with Crippen LogP contribution in [-0.2, 0) is 12.8 Å². The minimum atomic E-state index is 0.123. The third-order valence-electron chi connectivity index (χ3n) is 4.75. The van der Waals surface area contributed by atoms with Crippen molar-refractivity contribution in [1.82, 2.24) is 15.1 Å². The lowest BCUT2D eigenvalue weighted by Crippen LogP contribution is -2.45. The maximum Gasteiger partial charge on any atom is 0.261 e. The summed E-state index contributed by atoms with van der Waals surface area (Å²) in [6.45, 7) is 6.51. The Morgan fingerprint density at radius 3 is 2.77 bits per heavy atom. The molecule has 5 heteroatoms. The number of fused-ring (bicyclic) bond motifs is 1. The van der Waals surface area contributed by atoms with Crippen LogP contribution in [0.2, 0.25) is 0 Å². The summed E-state index contributed by atoms with van der Waals surface area (Å²) >= 11 is 1.70. The molecule has 1 N–H and O–H groups in total. The standard InChI is InChI=1S/C17H27N3OS/c1-19-9-11-20(12-10-19)8-4-7-18-17(21)16-13-14-5-2-3-6-15(14)22-16/h13H,2-12H2,1H3,(H,18,21). The molecule has 1 fully saturated rings. The van der Waals surface area contributed by atoms with Crippen molar-refractivity contribution in [2.45, 2.75) is 32.1 Å². The summed E-state index contributed by atoms with van der Waals surface area (Å²) in [7, 11) is 2.18. The number of carbonyl (C=O) groups is 1. The minimum Gasteiger partial charge on any atom is -0.351 e. The fourth-order valence-corrected chi connectivity index (χ4v) is 4.44. The molecule has 4 nitrogen and oxygen atoms in total. The number of piperazine rings is 1. The first kappa shape index (κ1) is 16.0. The molecule has 1 aromatic heterocycles. The zero-order valence-electron chi connectivity index (χ0n) is 13.6. The highest BCUT2D eigenvalue weighted by atomic mass is 32.1. The largest absolute Gasteiger partial charge is 0.351 e. The predicted molar refractivity (Wildman–Crippen MR) is 91.8 cm³/mol. The quantitative estimate of drug-likeness (QED) is 0.843. The number of amides is 1. The maximum absolute atomic E-state index is 12.2. The SMILES string of the molecule is CN1CCN(CCCNC(=O)c2cc3c(s2)CCCC3)CC1. The number of rotatable bonds is 5. The highest BCUT2D eigenvalue weighted by Crippen LogP contribution is 2.29. The molecule has 122 valence electrons. The van der Waals surface area contributed by atoms with Gasteiger partial charge in [0.1, 0.15) is 0 Å². The van der Waals surface area contributed by atoms with Gasteiger partial charge in [-0.25, -0.2) is 0 Å². The maximum atomic E-state index is 12.2. The summed E-state index contributed by atoms with van der Waals surface area (Å²) in [6, 6.07) is 2.12. The summed E-state index contributed by atoms with van der Waals surface area (Å²) < 4.78 is 0. The Morgan fingerprint density at radius 2 is 2.00 bits per heavy atom. The molecule has 1 saturated heterocycles. The number of thiophene rings is 1. The second-order valence-corrected chi connectivity index (χ2v) is 7.66. The van der Waals surface area contributed by atoms with E-state index in [1.165, 1.54) is 23.3 Å². The Hall–Kier alpha value is -0.910. The van der Waals surface area contributed by atoms with E-state index in [0.717, 1.165) is 63.4 Å². The van der Waals surface area contributed by atoms with Crippen LogP contribution in [0.25, 0.3) is 0 Å². The lowest BCUT2D eigenvalue weighted by Gasteiger charge is -2.32. The van der Waals surface area contributed by atoms with Crippen LogP contribution in [0.1, 0.15) is 39.4 Å². The number of carbonyl (C=O) groups excluding carboxylic acids is 1. The zero-order valence-corrected chi connectivity index (χ0v) is 14.4. The molecule has 1 aromatic rings. The zero-order chi connectivity index (χ0) is 15.4. The van der Waals surface area contributed by atoms with E-state index in [0.29, 0.717) is 0 Å². The minimum absolute atomic E-state index is 0.123. The van der Waals surface area contributed by atoms with Crippen LogP contribution >= 0.6 is 11.3 Å². The van der Waals surface area contributed by atoms with Gasteiger partial charge in [-0.2, -0.15) is 0 Å². The van der Waals surface area contributed by atoms with E-state index in [2.05, 4.69) is 28.2 Å². The smallest absolute Gasteiger partial charge is 0.261 e. The van der Waals surface area contributed by atoms with Gasteiger partial charge in [0, 0.05) is 37.6 Å². The molecule has 1 aliphatic heterocycles. The van der Waals surface area contributed by atoms with Gasteiger partial charge < -0.3 is 15.1 Å². The summed E-state index contributed by atoms with van der Waals surface area (Å²) in [4.78, 5) is 19.5. The average molecular weight is 321 g/mol. The molecular formula is C17H27N3OS. The van der Waals surface area contributed by atoms with Crippen LogP contribution in [0.3, 0.4) is 0 Å². The number of hydrogen-bond acceptors (Lipinski definition) is 4. The molecule has 0 bridgehead atoms. The van der Waals surface area contributed by atoms with Gasteiger partial charge >= 0.3 is 0 Å². The Kier molecular flexibility index (Phi) is 5.50. The number of nitrogens with zero attached hydrogens (tertiary/aromatic N) is 2. The molecular weight excluding hydrogens is 294 g/mol. The van der Waals surface area contributed by atoms with E-state index in [4.69, 9.17) is 0 Å². The summed E-state index contributed by atoms with van der Waals surface area (Å²) in [5, 5.41) is 3.09. The molecule has 0 atom stereocenters. The van der Waals surface area contributed by atoms with Gasteiger partial charge in [-0.15, -0.1) is 11.3 Å². The van der Waals surface area contributed by atoms with Crippen LogP contribution in [0.15, 0.2) is 6.07 Å². The van der Waals surface area contributed by atoms with E-state index in [9.17, 15) is 4.79 Å². The fourth-order valence-electron chi connectivity index (χ4n) is 3.27. The number of hydrogen-bond donors (Lipinski definition) is 1. The molecule has 22 heavy (non-hydrogen) atoms. The fraction of sp³-hybridized carbons (Fsp3) is 0.706. The van der Waals surface area contributed by atoms with Crippen molar-refractivity contribution >= 4 is 17.2 Å². The molecule has 3 rings (SSSR count).